The fourth-order valence-corrected chi connectivity index (χ4v) is 2.85. The SMILES string of the molecule is OC1(CN2CC(n3cc(Br)cn3)C2)COCCOC1. The fraction of sp³-hybridized carbons (Fsp3) is 0.750. The van der Waals surface area contributed by atoms with Gasteiger partial charge in [-0.2, -0.15) is 5.10 Å². The molecule has 0 radical (unpaired) electrons. The summed E-state index contributed by atoms with van der Waals surface area (Å²) in [4.78, 5) is 2.21. The molecular weight excluding hydrogens is 314 g/mol. The number of aromatic nitrogens is 2. The van der Waals surface area contributed by atoms with Crippen LogP contribution in [0.4, 0.5) is 0 Å². The third kappa shape index (κ3) is 3.17. The zero-order valence-electron chi connectivity index (χ0n) is 10.7. The van der Waals surface area contributed by atoms with Crippen molar-refractivity contribution in [1.29, 1.82) is 0 Å². The largest absolute Gasteiger partial charge is 0.384 e. The van der Waals surface area contributed by atoms with Gasteiger partial charge in [-0.3, -0.25) is 9.58 Å². The van der Waals surface area contributed by atoms with E-state index in [2.05, 4.69) is 25.9 Å². The molecule has 19 heavy (non-hydrogen) atoms. The Morgan fingerprint density at radius 2 is 2.05 bits per heavy atom. The van der Waals surface area contributed by atoms with E-state index in [-0.39, 0.29) is 0 Å². The minimum Gasteiger partial charge on any atom is -0.384 e. The standard InChI is InChI=1S/C12H18BrN3O3/c13-10-3-14-16(4-10)11-5-15(6-11)7-12(17)8-18-1-2-19-9-12/h3-4,11,17H,1-2,5-9H2. The van der Waals surface area contributed by atoms with Gasteiger partial charge in [0.1, 0.15) is 5.60 Å². The second-order valence-electron chi connectivity index (χ2n) is 5.32. The number of hydrogen-bond donors (Lipinski definition) is 1. The molecule has 2 aliphatic rings. The molecule has 0 amide bonds. The van der Waals surface area contributed by atoms with E-state index < -0.39 is 5.60 Å². The minimum absolute atomic E-state index is 0.349. The molecular formula is C12H18BrN3O3. The molecule has 1 N–H and O–H groups in total. The normalized spacial score (nSPS) is 24.9. The molecule has 0 spiro atoms. The predicted octanol–water partition coefficient (Wildman–Crippen LogP) is 0.280. The van der Waals surface area contributed by atoms with Crippen LogP contribution in [0.1, 0.15) is 6.04 Å². The average molecular weight is 332 g/mol. The summed E-state index contributed by atoms with van der Waals surface area (Å²) in [5.74, 6) is 0. The Labute approximate surface area is 120 Å². The second-order valence-corrected chi connectivity index (χ2v) is 6.23. The second kappa shape index (κ2) is 5.49. The van der Waals surface area contributed by atoms with Gasteiger partial charge in [-0.1, -0.05) is 0 Å². The van der Waals surface area contributed by atoms with Crippen molar-refractivity contribution in [3.63, 3.8) is 0 Å². The summed E-state index contributed by atoms with van der Waals surface area (Å²) in [5, 5.41) is 14.7. The van der Waals surface area contributed by atoms with E-state index in [4.69, 9.17) is 9.47 Å². The molecule has 2 saturated heterocycles. The quantitative estimate of drug-likeness (QED) is 0.862. The van der Waals surface area contributed by atoms with Crippen molar-refractivity contribution in [1.82, 2.24) is 14.7 Å². The zero-order valence-corrected chi connectivity index (χ0v) is 12.3. The highest BCUT2D eigenvalue weighted by molar-refractivity contribution is 9.10. The molecule has 3 rings (SSSR count). The molecule has 106 valence electrons. The molecule has 2 aliphatic heterocycles. The number of halogens is 1. The molecule has 0 unspecified atom stereocenters. The number of ether oxygens (including phenoxy) is 2. The van der Waals surface area contributed by atoms with Crippen LogP contribution < -0.4 is 0 Å². The summed E-state index contributed by atoms with van der Waals surface area (Å²) in [6.07, 6.45) is 3.78. The molecule has 7 heteroatoms. The minimum atomic E-state index is -0.883. The van der Waals surface area contributed by atoms with Crippen molar-refractivity contribution in [3.05, 3.63) is 16.9 Å². The highest BCUT2D eigenvalue weighted by atomic mass is 79.9. The van der Waals surface area contributed by atoms with Crippen molar-refractivity contribution >= 4 is 15.9 Å². The van der Waals surface area contributed by atoms with Gasteiger partial charge >= 0.3 is 0 Å². The Morgan fingerprint density at radius 1 is 1.37 bits per heavy atom. The Balaban J connectivity index is 1.50. The van der Waals surface area contributed by atoms with Crippen LogP contribution in [0.15, 0.2) is 16.9 Å². The predicted molar refractivity (Wildman–Crippen MR) is 72.0 cm³/mol. The summed E-state index contributed by atoms with van der Waals surface area (Å²) in [6, 6.07) is 0.391. The van der Waals surface area contributed by atoms with E-state index in [0.717, 1.165) is 17.6 Å². The lowest BCUT2D eigenvalue weighted by Crippen LogP contribution is -2.56. The Bertz CT molecular complexity index is 426. The summed E-state index contributed by atoms with van der Waals surface area (Å²) in [6.45, 7) is 4.21. The van der Waals surface area contributed by atoms with E-state index >= 15 is 0 Å². The first-order valence-corrected chi connectivity index (χ1v) is 7.24. The van der Waals surface area contributed by atoms with Crippen molar-refractivity contribution in [2.45, 2.75) is 11.6 Å². The number of likely N-dealkylation sites (tertiary alicyclic amines) is 1. The van der Waals surface area contributed by atoms with Crippen molar-refractivity contribution in [3.8, 4) is 0 Å². The zero-order chi connectivity index (χ0) is 13.3. The van der Waals surface area contributed by atoms with E-state index in [1.54, 1.807) is 6.20 Å². The monoisotopic (exact) mass is 331 g/mol. The maximum absolute atomic E-state index is 10.4. The number of nitrogens with zero attached hydrogens (tertiary/aromatic N) is 3. The lowest BCUT2D eigenvalue weighted by molar-refractivity contribution is -0.0900. The molecule has 1 aromatic rings. The molecule has 0 bridgehead atoms. The maximum Gasteiger partial charge on any atom is 0.124 e. The molecule has 1 aromatic heterocycles. The van der Waals surface area contributed by atoms with Gasteiger partial charge in [0.2, 0.25) is 0 Å². The lowest BCUT2D eigenvalue weighted by Gasteiger charge is -2.43. The third-order valence-electron chi connectivity index (χ3n) is 3.51. The van der Waals surface area contributed by atoms with E-state index in [9.17, 15) is 5.11 Å². The van der Waals surface area contributed by atoms with Crippen LogP contribution in [0, 0.1) is 0 Å². The van der Waals surface area contributed by atoms with Gasteiger partial charge in [0, 0.05) is 25.8 Å². The van der Waals surface area contributed by atoms with Gasteiger partial charge < -0.3 is 14.6 Å². The lowest BCUT2D eigenvalue weighted by atomic mass is 10.0. The van der Waals surface area contributed by atoms with Gasteiger partial charge in [-0.05, 0) is 15.9 Å². The smallest absolute Gasteiger partial charge is 0.124 e. The van der Waals surface area contributed by atoms with Crippen LogP contribution in [0.25, 0.3) is 0 Å². The van der Waals surface area contributed by atoms with Crippen LogP contribution in [0.2, 0.25) is 0 Å². The van der Waals surface area contributed by atoms with Crippen LogP contribution in [-0.4, -0.2) is 71.4 Å². The van der Waals surface area contributed by atoms with Gasteiger partial charge in [0.15, 0.2) is 0 Å². The van der Waals surface area contributed by atoms with Crippen LogP contribution in [0.3, 0.4) is 0 Å². The highest BCUT2D eigenvalue weighted by Crippen LogP contribution is 2.24. The van der Waals surface area contributed by atoms with E-state index in [1.165, 1.54) is 0 Å². The maximum atomic E-state index is 10.4. The third-order valence-corrected chi connectivity index (χ3v) is 3.92. The summed E-state index contributed by atoms with van der Waals surface area (Å²) in [5.41, 5.74) is -0.883. The first-order chi connectivity index (χ1) is 9.15. The average Bonchev–Trinajstić information content (AvgIpc) is 2.62. The van der Waals surface area contributed by atoms with Gasteiger partial charge in [0.05, 0.1) is 43.1 Å². The molecule has 2 fully saturated rings. The number of hydrogen-bond acceptors (Lipinski definition) is 5. The summed E-state index contributed by atoms with van der Waals surface area (Å²) >= 11 is 3.40. The van der Waals surface area contributed by atoms with Crippen LogP contribution >= 0.6 is 15.9 Å². The van der Waals surface area contributed by atoms with E-state index in [1.807, 2.05) is 10.9 Å². The Kier molecular flexibility index (Phi) is 3.91. The number of rotatable bonds is 3. The molecule has 3 heterocycles. The van der Waals surface area contributed by atoms with E-state index in [0.29, 0.717) is 39.0 Å². The summed E-state index contributed by atoms with van der Waals surface area (Å²) in [7, 11) is 0. The fourth-order valence-electron chi connectivity index (χ4n) is 2.54. The first kappa shape index (κ1) is 13.5. The molecule has 0 aromatic carbocycles. The van der Waals surface area contributed by atoms with Crippen molar-refractivity contribution in [2.24, 2.45) is 0 Å². The Hall–Kier alpha value is -0.470. The first-order valence-electron chi connectivity index (χ1n) is 6.45. The molecule has 0 aliphatic carbocycles. The highest BCUT2D eigenvalue weighted by Gasteiger charge is 2.37. The van der Waals surface area contributed by atoms with Gasteiger partial charge in [-0.25, -0.2) is 0 Å². The topological polar surface area (TPSA) is 59.8 Å². The number of aliphatic hydroxyl groups is 1. The van der Waals surface area contributed by atoms with Crippen LogP contribution in [0.5, 0.6) is 0 Å². The molecule has 0 atom stereocenters. The number of β-amino-alcohol motifs (C(OH)–C–C–N with tert-alkyl or cyclic N) is 1. The molecule has 6 nitrogen and oxygen atoms in total. The van der Waals surface area contributed by atoms with Crippen LogP contribution in [-0.2, 0) is 9.47 Å². The van der Waals surface area contributed by atoms with Gasteiger partial charge in [-0.15, -0.1) is 0 Å². The summed E-state index contributed by atoms with van der Waals surface area (Å²) < 4.78 is 13.7. The van der Waals surface area contributed by atoms with Gasteiger partial charge in [0.25, 0.3) is 0 Å². The molecule has 0 saturated carbocycles. The Morgan fingerprint density at radius 3 is 2.63 bits per heavy atom. The van der Waals surface area contributed by atoms with Crippen molar-refractivity contribution < 1.29 is 14.6 Å². The van der Waals surface area contributed by atoms with Crippen molar-refractivity contribution in [2.75, 3.05) is 46.1 Å².